The molecule has 4 aromatic rings. The first-order valence-corrected chi connectivity index (χ1v) is 10.1. The zero-order valence-electron chi connectivity index (χ0n) is 18.1. The average Bonchev–Trinajstić information content (AvgIpc) is 2.84. The first-order valence-electron chi connectivity index (χ1n) is 10.1. The predicted molar refractivity (Wildman–Crippen MR) is 126 cm³/mol. The van der Waals surface area contributed by atoms with E-state index in [2.05, 4.69) is 42.2 Å². The Balaban J connectivity index is 1.54. The normalized spacial score (nSPS) is 10.1. The molecule has 0 saturated carbocycles. The molecule has 0 unspecified atom stereocenters. The van der Waals surface area contributed by atoms with Gasteiger partial charge in [0.2, 0.25) is 0 Å². The Morgan fingerprint density at radius 1 is 1.12 bits per heavy atom. The summed E-state index contributed by atoms with van der Waals surface area (Å²) in [5.74, 6) is 8.01. The van der Waals surface area contributed by atoms with Crippen molar-refractivity contribution in [2.75, 3.05) is 19.0 Å². The summed E-state index contributed by atoms with van der Waals surface area (Å²) >= 11 is 0. The van der Waals surface area contributed by atoms with E-state index in [1.165, 1.54) is 13.4 Å². The van der Waals surface area contributed by atoms with Crippen molar-refractivity contribution in [2.45, 2.75) is 6.92 Å². The van der Waals surface area contributed by atoms with Crippen LogP contribution in [-0.4, -0.2) is 34.7 Å². The summed E-state index contributed by atoms with van der Waals surface area (Å²) in [6.07, 6.45) is 4.37. The fraction of sp³-hybridized carbons (Fsp3) is 0.120. The molecule has 0 aliphatic rings. The van der Waals surface area contributed by atoms with E-state index in [0.717, 1.165) is 33.5 Å². The van der Waals surface area contributed by atoms with Gasteiger partial charge >= 0.3 is 6.09 Å². The molecule has 2 aromatic carbocycles. The van der Waals surface area contributed by atoms with Crippen LogP contribution in [0.4, 0.5) is 16.3 Å². The number of aryl methyl sites for hydroxylation is 1. The van der Waals surface area contributed by atoms with Crippen molar-refractivity contribution in [2.24, 2.45) is 0 Å². The number of nitrogens with one attached hydrogen (secondary N) is 2. The minimum absolute atomic E-state index is 0.188. The van der Waals surface area contributed by atoms with Gasteiger partial charge in [-0.05, 0) is 61.0 Å². The highest BCUT2D eigenvalue weighted by Gasteiger charge is 2.08. The molecule has 0 bridgehead atoms. The summed E-state index contributed by atoms with van der Waals surface area (Å²) in [7, 11) is 1.31. The van der Waals surface area contributed by atoms with Gasteiger partial charge in [0.1, 0.15) is 23.6 Å². The molecule has 0 atom stereocenters. The van der Waals surface area contributed by atoms with E-state index < -0.39 is 6.09 Å². The summed E-state index contributed by atoms with van der Waals surface area (Å²) in [5.41, 5.74) is 3.40. The second kappa shape index (κ2) is 10.1. The molecule has 164 valence electrons. The molecule has 0 spiro atoms. The van der Waals surface area contributed by atoms with E-state index in [9.17, 15) is 4.79 Å². The summed E-state index contributed by atoms with van der Waals surface area (Å²) in [5, 5.41) is 6.71. The van der Waals surface area contributed by atoms with Crippen molar-refractivity contribution in [3.8, 4) is 23.3 Å². The zero-order valence-corrected chi connectivity index (χ0v) is 18.1. The summed E-state index contributed by atoms with van der Waals surface area (Å²) in [4.78, 5) is 23.9. The number of pyridine rings is 1. The number of carbonyl (C=O) groups excluding carboxylic acids is 1. The molecule has 1 amide bonds. The molecular formula is C25H21N5O3. The van der Waals surface area contributed by atoms with E-state index in [0.29, 0.717) is 11.6 Å². The lowest BCUT2D eigenvalue weighted by molar-refractivity contribution is 0.172. The smallest absolute Gasteiger partial charge is 0.407 e. The van der Waals surface area contributed by atoms with E-state index in [1.807, 2.05) is 55.5 Å². The number of alkyl carbamates (subject to hydrolysis) is 1. The van der Waals surface area contributed by atoms with Crippen LogP contribution < -0.4 is 15.4 Å². The molecule has 33 heavy (non-hydrogen) atoms. The van der Waals surface area contributed by atoms with Crippen LogP contribution in [-0.2, 0) is 4.74 Å². The van der Waals surface area contributed by atoms with E-state index in [-0.39, 0.29) is 6.54 Å². The summed E-state index contributed by atoms with van der Waals surface area (Å²) in [6, 6.07) is 15.2. The quantitative estimate of drug-likeness (QED) is 0.439. The number of nitrogens with zero attached hydrogens (tertiary/aromatic N) is 3. The van der Waals surface area contributed by atoms with Crippen LogP contribution in [0.3, 0.4) is 0 Å². The number of anilines is 2. The molecular weight excluding hydrogens is 418 g/mol. The standard InChI is InChI=1S/C25H21N5O3/c1-17-13-19(8-10-23(17)33-20-6-4-11-26-15-20)30-24-21-14-18(5-3-12-27-25(31)32-2)7-9-22(21)28-16-29-24/h4,6-11,13-16H,12H2,1-2H3,(H,27,31)(H,28,29,30). The molecule has 0 aliphatic heterocycles. The van der Waals surface area contributed by atoms with Crippen LogP contribution in [0.15, 0.2) is 67.3 Å². The Morgan fingerprint density at radius 3 is 2.82 bits per heavy atom. The fourth-order valence-corrected chi connectivity index (χ4v) is 3.08. The highest BCUT2D eigenvalue weighted by atomic mass is 16.5. The number of carbonyl (C=O) groups is 1. The van der Waals surface area contributed by atoms with Gasteiger partial charge in [0.25, 0.3) is 0 Å². The van der Waals surface area contributed by atoms with Crippen molar-refractivity contribution in [1.82, 2.24) is 20.3 Å². The molecule has 2 heterocycles. The van der Waals surface area contributed by atoms with Crippen molar-refractivity contribution >= 4 is 28.5 Å². The summed E-state index contributed by atoms with van der Waals surface area (Å²) < 4.78 is 10.4. The average molecular weight is 439 g/mol. The highest BCUT2D eigenvalue weighted by molar-refractivity contribution is 5.91. The monoisotopic (exact) mass is 439 g/mol. The topological polar surface area (TPSA) is 98.3 Å². The third kappa shape index (κ3) is 5.54. The largest absolute Gasteiger partial charge is 0.455 e. The van der Waals surface area contributed by atoms with Gasteiger partial charge in [0.15, 0.2) is 0 Å². The Bertz CT molecular complexity index is 1350. The van der Waals surface area contributed by atoms with Gasteiger partial charge in [-0.25, -0.2) is 14.8 Å². The lowest BCUT2D eigenvalue weighted by Gasteiger charge is -2.12. The second-order valence-electron chi connectivity index (χ2n) is 7.00. The van der Waals surface area contributed by atoms with Crippen molar-refractivity contribution < 1.29 is 14.3 Å². The molecule has 0 fully saturated rings. The molecule has 8 nitrogen and oxygen atoms in total. The SMILES string of the molecule is COC(=O)NCC#Cc1ccc2ncnc(Nc3ccc(Oc4cccnc4)c(C)c3)c2c1. The third-order valence-electron chi connectivity index (χ3n) is 4.67. The minimum Gasteiger partial charge on any atom is -0.455 e. The molecule has 0 saturated heterocycles. The lowest BCUT2D eigenvalue weighted by Crippen LogP contribution is -2.22. The van der Waals surface area contributed by atoms with Gasteiger partial charge in [0, 0.05) is 22.8 Å². The molecule has 8 heteroatoms. The van der Waals surface area contributed by atoms with E-state index in [4.69, 9.17) is 4.74 Å². The first-order chi connectivity index (χ1) is 16.1. The number of benzene rings is 2. The van der Waals surface area contributed by atoms with Crippen molar-refractivity contribution in [1.29, 1.82) is 0 Å². The van der Waals surface area contributed by atoms with Crippen LogP contribution in [0.1, 0.15) is 11.1 Å². The van der Waals surface area contributed by atoms with Crippen LogP contribution in [0.2, 0.25) is 0 Å². The molecule has 2 aromatic heterocycles. The van der Waals surface area contributed by atoms with Gasteiger partial charge in [0.05, 0.1) is 25.4 Å². The fourth-order valence-electron chi connectivity index (χ4n) is 3.08. The zero-order chi connectivity index (χ0) is 23.0. The lowest BCUT2D eigenvalue weighted by atomic mass is 10.1. The van der Waals surface area contributed by atoms with Gasteiger partial charge < -0.3 is 20.1 Å². The van der Waals surface area contributed by atoms with E-state index in [1.54, 1.807) is 12.4 Å². The Labute approximate surface area is 191 Å². The number of hydrogen-bond acceptors (Lipinski definition) is 7. The number of hydrogen-bond donors (Lipinski definition) is 2. The van der Waals surface area contributed by atoms with Crippen LogP contribution in [0.25, 0.3) is 10.9 Å². The van der Waals surface area contributed by atoms with Gasteiger partial charge in [-0.1, -0.05) is 11.8 Å². The number of fused-ring (bicyclic) bond motifs is 1. The maximum Gasteiger partial charge on any atom is 0.407 e. The molecule has 4 rings (SSSR count). The highest BCUT2D eigenvalue weighted by Crippen LogP contribution is 2.29. The number of rotatable bonds is 5. The maximum atomic E-state index is 11.1. The van der Waals surface area contributed by atoms with Crippen LogP contribution in [0, 0.1) is 18.8 Å². The Kier molecular flexibility index (Phi) is 6.61. The summed E-state index contributed by atoms with van der Waals surface area (Å²) in [6.45, 7) is 2.17. The number of methoxy groups -OCH3 is 1. The Hall–Kier alpha value is -4.64. The predicted octanol–water partition coefficient (Wildman–Crippen LogP) is 4.58. The number of ether oxygens (including phenoxy) is 2. The molecule has 2 N–H and O–H groups in total. The number of aromatic nitrogens is 3. The van der Waals surface area contributed by atoms with Gasteiger partial charge in [-0.2, -0.15) is 0 Å². The van der Waals surface area contributed by atoms with E-state index >= 15 is 0 Å². The van der Waals surface area contributed by atoms with Crippen LogP contribution in [0.5, 0.6) is 11.5 Å². The maximum absolute atomic E-state index is 11.1. The molecule has 0 radical (unpaired) electrons. The van der Waals surface area contributed by atoms with Gasteiger partial charge in [-0.3, -0.25) is 4.98 Å². The first kappa shape index (κ1) is 21.6. The van der Waals surface area contributed by atoms with Crippen molar-refractivity contribution in [3.05, 3.63) is 78.4 Å². The van der Waals surface area contributed by atoms with Gasteiger partial charge in [-0.15, -0.1) is 0 Å². The molecule has 0 aliphatic carbocycles. The number of amides is 1. The van der Waals surface area contributed by atoms with Crippen LogP contribution >= 0.6 is 0 Å². The third-order valence-corrected chi connectivity index (χ3v) is 4.67. The Morgan fingerprint density at radius 2 is 2.03 bits per heavy atom. The van der Waals surface area contributed by atoms with Crippen molar-refractivity contribution in [3.63, 3.8) is 0 Å². The minimum atomic E-state index is -0.519. The second-order valence-corrected chi connectivity index (χ2v) is 7.00.